The van der Waals surface area contributed by atoms with Gasteiger partial charge in [-0.2, -0.15) is 4.39 Å². The molecule has 1 aliphatic carbocycles. The fraction of sp³-hybridized carbons (Fsp3) is 0.333. The molecule has 3 aromatic carbocycles. The van der Waals surface area contributed by atoms with Gasteiger partial charge in [0.2, 0.25) is 5.82 Å². The van der Waals surface area contributed by atoms with Crippen molar-refractivity contribution >= 4 is 0 Å². The van der Waals surface area contributed by atoms with E-state index in [4.69, 9.17) is 9.47 Å². The molecule has 0 aromatic heterocycles. The van der Waals surface area contributed by atoms with Crippen LogP contribution in [0, 0.1) is 23.4 Å². The molecule has 1 fully saturated rings. The summed E-state index contributed by atoms with van der Waals surface area (Å²) < 4.78 is 55.0. The summed E-state index contributed by atoms with van der Waals surface area (Å²) in [6.07, 6.45) is 7.95. The van der Waals surface area contributed by atoms with Gasteiger partial charge in [0.15, 0.2) is 11.6 Å². The van der Waals surface area contributed by atoms with Gasteiger partial charge >= 0.3 is 0 Å². The number of benzene rings is 3. The number of rotatable bonds is 8. The lowest BCUT2D eigenvalue weighted by molar-refractivity contribution is 0.282. The van der Waals surface area contributed by atoms with Gasteiger partial charge in [-0.05, 0) is 86.3 Å². The van der Waals surface area contributed by atoms with Crippen molar-refractivity contribution in [1.82, 2.24) is 0 Å². The van der Waals surface area contributed by atoms with Crippen LogP contribution in [-0.2, 0) is 6.61 Å². The van der Waals surface area contributed by atoms with Crippen LogP contribution in [0.4, 0.5) is 13.2 Å². The Morgan fingerprint density at radius 2 is 1.60 bits per heavy atom. The lowest BCUT2D eigenvalue weighted by atomic mass is 9.78. The van der Waals surface area contributed by atoms with E-state index in [0.717, 1.165) is 31.2 Å². The average Bonchev–Trinajstić information content (AvgIpc) is 2.87. The van der Waals surface area contributed by atoms with E-state index < -0.39 is 11.6 Å². The Hall–Kier alpha value is -3.21. The van der Waals surface area contributed by atoms with Crippen LogP contribution in [0.15, 0.2) is 66.7 Å². The second-order valence-electron chi connectivity index (χ2n) is 8.98. The molecule has 0 bridgehead atoms. The molecule has 0 atom stereocenters. The first-order valence-corrected chi connectivity index (χ1v) is 12.2. The van der Waals surface area contributed by atoms with Crippen LogP contribution < -0.4 is 9.47 Å². The molecule has 0 amide bonds. The molecule has 0 N–H and O–H groups in total. The zero-order valence-electron chi connectivity index (χ0n) is 20.2. The standard InChI is InChI=1S/C30H31F3O2/c1-3-5-20-6-10-23(11-7-20)26-16-17-28(30(33)29(26)32)35-19-21-8-12-22(13-9-21)25-15-14-24(34-4-2)18-27(25)31/h3,5,8-9,12-18,20,23H,4,6-7,10-11,19H2,1-2H3/b5-3+. The normalized spacial score (nSPS) is 18.1. The Bertz CT molecular complexity index is 1160. The van der Waals surface area contributed by atoms with E-state index in [1.807, 2.05) is 13.8 Å². The van der Waals surface area contributed by atoms with Crippen LogP contribution in [-0.4, -0.2) is 6.61 Å². The van der Waals surface area contributed by atoms with E-state index in [1.165, 1.54) is 12.1 Å². The van der Waals surface area contributed by atoms with Crippen molar-refractivity contribution < 1.29 is 22.6 Å². The number of hydrogen-bond donors (Lipinski definition) is 0. The molecule has 1 saturated carbocycles. The minimum Gasteiger partial charge on any atom is -0.494 e. The zero-order valence-corrected chi connectivity index (χ0v) is 20.2. The molecule has 3 aromatic rings. The summed E-state index contributed by atoms with van der Waals surface area (Å²) in [5.41, 5.74) is 2.38. The van der Waals surface area contributed by atoms with Gasteiger partial charge < -0.3 is 9.47 Å². The first-order valence-electron chi connectivity index (χ1n) is 12.2. The summed E-state index contributed by atoms with van der Waals surface area (Å²) in [6, 6.07) is 15.1. The fourth-order valence-electron chi connectivity index (χ4n) is 4.80. The van der Waals surface area contributed by atoms with Crippen molar-refractivity contribution in [3.05, 3.63) is 95.3 Å². The number of halogens is 3. The van der Waals surface area contributed by atoms with Crippen molar-refractivity contribution in [3.63, 3.8) is 0 Å². The fourth-order valence-corrected chi connectivity index (χ4v) is 4.80. The summed E-state index contributed by atoms with van der Waals surface area (Å²) in [6.45, 7) is 4.41. The van der Waals surface area contributed by atoms with Gasteiger partial charge in [0.25, 0.3) is 0 Å². The van der Waals surface area contributed by atoms with Gasteiger partial charge in [-0.15, -0.1) is 0 Å². The third-order valence-electron chi connectivity index (χ3n) is 6.66. The van der Waals surface area contributed by atoms with Gasteiger partial charge in [0.1, 0.15) is 18.2 Å². The summed E-state index contributed by atoms with van der Waals surface area (Å²) in [5.74, 6) is -1.16. The van der Waals surface area contributed by atoms with E-state index in [1.54, 1.807) is 42.5 Å². The first-order chi connectivity index (χ1) is 17.0. The maximum Gasteiger partial charge on any atom is 0.200 e. The topological polar surface area (TPSA) is 18.5 Å². The highest BCUT2D eigenvalue weighted by molar-refractivity contribution is 5.65. The van der Waals surface area contributed by atoms with Crippen molar-refractivity contribution in [2.24, 2.45) is 5.92 Å². The summed E-state index contributed by atoms with van der Waals surface area (Å²) >= 11 is 0. The molecule has 4 rings (SSSR count). The van der Waals surface area contributed by atoms with E-state index in [-0.39, 0.29) is 24.1 Å². The van der Waals surface area contributed by atoms with Crippen LogP contribution in [0.1, 0.15) is 56.6 Å². The molecule has 5 heteroatoms. The number of allylic oxidation sites excluding steroid dienone is 2. The van der Waals surface area contributed by atoms with Gasteiger partial charge in [0.05, 0.1) is 6.61 Å². The quantitative estimate of drug-likeness (QED) is 0.301. The molecule has 0 spiro atoms. The number of ether oxygens (including phenoxy) is 2. The molecular formula is C30H31F3O2. The summed E-state index contributed by atoms with van der Waals surface area (Å²) in [7, 11) is 0. The van der Waals surface area contributed by atoms with Gasteiger partial charge in [-0.1, -0.05) is 42.5 Å². The van der Waals surface area contributed by atoms with Crippen molar-refractivity contribution in [2.75, 3.05) is 6.61 Å². The van der Waals surface area contributed by atoms with E-state index >= 15 is 0 Å². The largest absolute Gasteiger partial charge is 0.494 e. The van der Waals surface area contributed by atoms with Crippen LogP contribution in [0.5, 0.6) is 11.5 Å². The molecular weight excluding hydrogens is 449 g/mol. The van der Waals surface area contributed by atoms with E-state index in [9.17, 15) is 13.2 Å². The van der Waals surface area contributed by atoms with E-state index in [2.05, 4.69) is 12.2 Å². The SMILES string of the molecule is C/C=C/C1CCC(c2ccc(OCc3ccc(-c4ccc(OCC)cc4F)cc3)c(F)c2F)CC1. The maximum absolute atomic E-state index is 14.9. The predicted octanol–water partition coefficient (Wildman–Crippen LogP) is 8.60. The van der Waals surface area contributed by atoms with Crippen LogP contribution >= 0.6 is 0 Å². The second kappa shape index (κ2) is 11.5. The van der Waals surface area contributed by atoms with E-state index in [0.29, 0.717) is 35.0 Å². The average molecular weight is 481 g/mol. The molecule has 0 unspecified atom stereocenters. The van der Waals surface area contributed by atoms with Crippen molar-refractivity contribution in [3.8, 4) is 22.6 Å². The molecule has 35 heavy (non-hydrogen) atoms. The smallest absolute Gasteiger partial charge is 0.200 e. The lowest BCUT2D eigenvalue weighted by Crippen LogP contribution is -2.13. The van der Waals surface area contributed by atoms with Crippen LogP contribution in [0.2, 0.25) is 0 Å². The third kappa shape index (κ3) is 5.90. The maximum atomic E-state index is 14.9. The monoisotopic (exact) mass is 480 g/mol. The minimum atomic E-state index is -0.939. The Morgan fingerprint density at radius 1 is 0.857 bits per heavy atom. The highest BCUT2D eigenvalue weighted by Crippen LogP contribution is 2.39. The zero-order chi connectivity index (χ0) is 24.8. The Morgan fingerprint density at radius 3 is 2.26 bits per heavy atom. The van der Waals surface area contributed by atoms with Crippen LogP contribution in [0.25, 0.3) is 11.1 Å². The van der Waals surface area contributed by atoms with Crippen LogP contribution in [0.3, 0.4) is 0 Å². The minimum absolute atomic E-state index is 0.0376. The summed E-state index contributed by atoms with van der Waals surface area (Å²) in [5, 5.41) is 0. The van der Waals surface area contributed by atoms with Crippen molar-refractivity contribution in [1.29, 1.82) is 0 Å². The molecule has 0 radical (unpaired) electrons. The lowest BCUT2D eigenvalue weighted by Gasteiger charge is -2.27. The highest BCUT2D eigenvalue weighted by Gasteiger charge is 2.25. The molecule has 2 nitrogen and oxygen atoms in total. The number of hydrogen-bond acceptors (Lipinski definition) is 2. The first kappa shape index (κ1) is 24.9. The van der Waals surface area contributed by atoms with Gasteiger partial charge in [0, 0.05) is 11.6 Å². The molecule has 0 aliphatic heterocycles. The van der Waals surface area contributed by atoms with Gasteiger partial charge in [-0.3, -0.25) is 0 Å². The molecule has 184 valence electrons. The third-order valence-corrected chi connectivity index (χ3v) is 6.66. The highest BCUT2D eigenvalue weighted by atomic mass is 19.2. The molecule has 0 heterocycles. The van der Waals surface area contributed by atoms with Crippen molar-refractivity contribution in [2.45, 2.75) is 52.1 Å². The summed E-state index contributed by atoms with van der Waals surface area (Å²) in [4.78, 5) is 0. The Kier molecular flexibility index (Phi) is 8.17. The molecule has 0 saturated heterocycles. The Balaban J connectivity index is 1.39. The Labute approximate surface area is 205 Å². The second-order valence-corrected chi connectivity index (χ2v) is 8.98. The van der Waals surface area contributed by atoms with Gasteiger partial charge in [-0.25, -0.2) is 8.78 Å². The molecule has 1 aliphatic rings. The predicted molar refractivity (Wildman–Crippen MR) is 133 cm³/mol.